The van der Waals surface area contributed by atoms with Gasteiger partial charge in [0.2, 0.25) is 0 Å². The van der Waals surface area contributed by atoms with Gasteiger partial charge in [0, 0.05) is 22.5 Å². The molecule has 0 saturated heterocycles. The van der Waals surface area contributed by atoms with Gasteiger partial charge in [0.05, 0.1) is 0 Å². The Balaban J connectivity index is 1.77. The topological polar surface area (TPSA) is 77.8 Å². The van der Waals surface area contributed by atoms with E-state index in [9.17, 15) is 0 Å². The molecule has 0 bridgehead atoms. The molecule has 4 aromatic rings. The lowest BCUT2D eigenvalue weighted by Gasteiger charge is -1.98. The summed E-state index contributed by atoms with van der Waals surface area (Å²) in [4.78, 5) is 11.2. The number of nitrogen functional groups attached to an aromatic ring is 2. The van der Waals surface area contributed by atoms with Gasteiger partial charge in [0.25, 0.3) is 0 Å². The van der Waals surface area contributed by atoms with Crippen LogP contribution in [0.2, 0.25) is 0 Å². The molecule has 2 aromatic carbocycles. The predicted molar refractivity (Wildman–Crippen MR) is 95.0 cm³/mol. The molecule has 0 unspecified atom stereocenters. The third kappa shape index (κ3) is 2.32. The van der Waals surface area contributed by atoms with E-state index in [-0.39, 0.29) is 0 Å². The lowest BCUT2D eigenvalue weighted by molar-refractivity contribution is 1.48. The zero-order chi connectivity index (χ0) is 15.1. The predicted octanol–water partition coefficient (Wildman–Crippen LogP) is 4.25. The molecule has 6 heteroatoms. The summed E-state index contributed by atoms with van der Waals surface area (Å²) in [5, 5.41) is 1.89. The lowest BCUT2D eigenvalue weighted by atomic mass is 10.2. The number of benzene rings is 2. The summed E-state index contributed by atoms with van der Waals surface area (Å²) >= 11 is 3.16. The smallest absolute Gasteiger partial charge is 0.155 e. The summed E-state index contributed by atoms with van der Waals surface area (Å²) in [5.41, 5.74) is 15.2. The number of thiazole rings is 2. The molecule has 0 radical (unpaired) electrons. The number of hydrogen-bond donors (Lipinski definition) is 2. The van der Waals surface area contributed by atoms with E-state index in [4.69, 9.17) is 11.5 Å². The molecule has 108 valence electrons. The van der Waals surface area contributed by atoms with Crippen LogP contribution in [-0.4, -0.2) is 9.97 Å². The van der Waals surface area contributed by atoms with Crippen molar-refractivity contribution in [3.8, 4) is 21.1 Å². The van der Waals surface area contributed by atoms with Crippen molar-refractivity contribution in [2.75, 3.05) is 11.5 Å². The average Bonchev–Trinajstić information content (AvgIpc) is 3.05. The first-order valence-corrected chi connectivity index (χ1v) is 8.31. The monoisotopic (exact) mass is 324 g/mol. The molecular formula is C16H12N4S2. The van der Waals surface area contributed by atoms with Crippen molar-refractivity contribution in [1.29, 1.82) is 0 Å². The number of nitrogens with two attached hydrogens (primary N) is 2. The van der Waals surface area contributed by atoms with Gasteiger partial charge in [-0.2, -0.15) is 0 Å². The van der Waals surface area contributed by atoms with Crippen LogP contribution in [0.4, 0.5) is 11.4 Å². The van der Waals surface area contributed by atoms with Gasteiger partial charge in [0.15, 0.2) is 9.66 Å². The van der Waals surface area contributed by atoms with Crippen molar-refractivity contribution in [2.24, 2.45) is 0 Å². The molecule has 0 aliphatic rings. The Bertz CT molecular complexity index is 865. The summed E-state index contributed by atoms with van der Waals surface area (Å²) in [6, 6.07) is 15.5. The minimum Gasteiger partial charge on any atom is -0.399 e. The Labute approximate surface area is 135 Å². The normalized spacial score (nSPS) is 11.1. The van der Waals surface area contributed by atoms with E-state index in [1.54, 1.807) is 22.7 Å². The largest absolute Gasteiger partial charge is 0.399 e. The molecule has 22 heavy (non-hydrogen) atoms. The van der Waals surface area contributed by atoms with Crippen LogP contribution < -0.4 is 11.5 Å². The average molecular weight is 324 g/mol. The van der Waals surface area contributed by atoms with Gasteiger partial charge in [-0.05, 0) is 24.3 Å². The maximum Gasteiger partial charge on any atom is 0.155 e. The molecular weight excluding hydrogens is 312 g/mol. The van der Waals surface area contributed by atoms with Crippen LogP contribution in [0.3, 0.4) is 0 Å². The molecule has 0 aliphatic carbocycles. The minimum atomic E-state index is 0.740. The van der Waals surface area contributed by atoms with Crippen LogP contribution in [0, 0.1) is 0 Å². The second-order valence-corrected chi connectivity index (χ2v) is 6.85. The Kier molecular flexibility index (Phi) is 3.06. The molecule has 4 N–H and O–H groups in total. The fourth-order valence-corrected chi connectivity index (χ4v) is 4.27. The Morgan fingerprint density at radius 2 is 1.14 bits per heavy atom. The van der Waals surface area contributed by atoms with Crippen molar-refractivity contribution < 1.29 is 0 Å². The first kappa shape index (κ1) is 13.2. The molecule has 0 atom stereocenters. The summed E-state index contributed by atoms with van der Waals surface area (Å²) in [6.45, 7) is 0. The fourth-order valence-electron chi connectivity index (χ4n) is 2.23. The van der Waals surface area contributed by atoms with Crippen LogP contribution in [0.1, 0.15) is 0 Å². The van der Waals surface area contributed by atoms with Gasteiger partial charge in [-0.15, -0.1) is 0 Å². The first-order valence-electron chi connectivity index (χ1n) is 6.68. The van der Waals surface area contributed by atoms with Crippen molar-refractivity contribution in [2.45, 2.75) is 0 Å². The van der Waals surface area contributed by atoms with Gasteiger partial charge in [-0.3, -0.25) is 0 Å². The van der Waals surface area contributed by atoms with E-state index >= 15 is 0 Å². The number of fused-ring (bicyclic) bond motifs is 1. The van der Waals surface area contributed by atoms with Gasteiger partial charge in [-0.1, -0.05) is 46.9 Å². The zero-order valence-electron chi connectivity index (χ0n) is 11.5. The van der Waals surface area contributed by atoms with Gasteiger partial charge in [-0.25, -0.2) is 9.97 Å². The van der Waals surface area contributed by atoms with E-state index in [0.717, 1.165) is 42.2 Å². The van der Waals surface area contributed by atoms with Crippen LogP contribution in [0.25, 0.3) is 30.8 Å². The quantitative estimate of drug-likeness (QED) is 0.540. The highest BCUT2D eigenvalue weighted by molar-refractivity contribution is 7.29. The van der Waals surface area contributed by atoms with Crippen LogP contribution in [-0.2, 0) is 0 Å². The maximum atomic E-state index is 5.83. The number of hydrogen-bond acceptors (Lipinski definition) is 6. The van der Waals surface area contributed by atoms with E-state index in [0.29, 0.717) is 0 Å². The van der Waals surface area contributed by atoms with Crippen molar-refractivity contribution in [1.82, 2.24) is 9.97 Å². The Morgan fingerprint density at radius 3 is 1.55 bits per heavy atom. The molecule has 0 saturated carbocycles. The second kappa shape index (κ2) is 5.08. The van der Waals surface area contributed by atoms with Crippen molar-refractivity contribution >= 4 is 43.7 Å². The molecule has 2 aromatic heterocycles. The summed E-state index contributed by atoms with van der Waals surface area (Å²) < 4.78 is 0. The lowest BCUT2D eigenvalue weighted by Crippen LogP contribution is -1.84. The summed E-state index contributed by atoms with van der Waals surface area (Å²) in [6.07, 6.45) is 0. The molecule has 0 amide bonds. The van der Waals surface area contributed by atoms with Crippen LogP contribution in [0.15, 0.2) is 48.5 Å². The van der Waals surface area contributed by atoms with E-state index in [2.05, 4.69) is 9.97 Å². The maximum absolute atomic E-state index is 5.83. The first-order chi connectivity index (χ1) is 10.7. The SMILES string of the molecule is Nc1cccc(-c2nc3sc(-c4cccc(N)c4)nc3s2)c1. The summed E-state index contributed by atoms with van der Waals surface area (Å²) in [5.74, 6) is 0. The number of nitrogens with zero attached hydrogens (tertiary/aromatic N) is 2. The van der Waals surface area contributed by atoms with E-state index < -0.39 is 0 Å². The van der Waals surface area contributed by atoms with Crippen molar-refractivity contribution in [3.05, 3.63) is 48.5 Å². The standard InChI is InChI=1S/C16H12N4S2/c17-11-5-1-3-9(7-11)13-19-15-16(21-13)20-14(22-15)10-4-2-6-12(18)8-10/h1-8H,17-18H2. The highest BCUT2D eigenvalue weighted by atomic mass is 32.1. The van der Waals surface area contributed by atoms with E-state index in [1.807, 2.05) is 48.5 Å². The number of aromatic nitrogens is 2. The van der Waals surface area contributed by atoms with Gasteiger partial charge in [0.1, 0.15) is 10.0 Å². The number of anilines is 2. The minimum absolute atomic E-state index is 0.740. The van der Waals surface area contributed by atoms with Crippen LogP contribution >= 0.6 is 22.7 Å². The van der Waals surface area contributed by atoms with Gasteiger partial charge < -0.3 is 11.5 Å². The number of rotatable bonds is 2. The third-order valence-corrected chi connectivity index (χ3v) is 5.37. The molecule has 0 fully saturated rings. The van der Waals surface area contributed by atoms with Crippen LogP contribution in [0.5, 0.6) is 0 Å². The molecule has 4 rings (SSSR count). The second-order valence-electron chi connectivity index (χ2n) is 4.90. The highest BCUT2D eigenvalue weighted by Crippen LogP contribution is 2.37. The van der Waals surface area contributed by atoms with Crippen molar-refractivity contribution in [3.63, 3.8) is 0 Å². The highest BCUT2D eigenvalue weighted by Gasteiger charge is 2.13. The molecule has 0 aliphatic heterocycles. The van der Waals surface area contributed by atoms with E-state index in [1.165, 1.54) is 0 Å². The Morgan fingerprint density at radius 1 is 0.682 bits per heavy atom. The third-order valence-electron chi connectivity index (χ3n) is 3.24. The Hall–Kier alpha value is -2.44. The molecule has 4 nitrogen and oxygen atoms in total. The summed E-state index contributed by atoms with van der Waals surface area (Å²) in [7, 11) is 0. The molecule has 2 heterocycles. The zero-order valence-corrected chi connectivity index (χ0v) is 13.1. The molecule has 0 spiro atoms. The fraction of sp³-hybridized carbons (Fsp3) is 0. The van der Waals surface area contributed by atoms with Gasteiger partial charge >= 0.3 is 0 Å².